The summed E-state index contributed by atoms with van der Waals surface area (Å²) in [6, 6.07) is 12.8. The van der Waals surface area contributed by atoms with Gasteiger partial charge in [-0.15, -0.1) is 5.10 Å². The number of fused-ring (bicyclic) bond motifs is 1. The van der Waals surface area contributed by atoms with Crippen LogP contribution in [0.3, 0.4) is 0 Å². The maximum atomic E-state index is 14.7. The van der Waals surface area contributed by atoms with Gasteiger partial charge in [-0.1, -0.05) is 41.1 Å². The second-order valence-electron chi connectivity index (χ2n) is 11.3. The largest absolute Gasteiger partial charge is 0.478 e. The van der Waals surface area contributed by atoms with Crippen molar-refractivity contribution >= 4 is 34.9 Å². The minimum Gasteiger partial charge on any atom is -0.478 e. The Morgan fingerprint density at radius 2 is 1.76 bits per heavy atom. The number of methoxy groups -OCH3 is 1. The first-order valence-electron chi connectivity index (χ1n) is 14.8. The van der Waals surface area contributed by atoms with Gasteiger partial charge in [-0.25, -0.2) is 18.3 Å². The number of aromatic carboxylic acids is 1. The summed E-state index contributed by atoms with van der Waals surface area (Å²) in [7, 11) is 1.71. The molecule has 1 amide bonds. The van der Waals surface area contributed by atoms with E-state index in [1.807, 2.05) is 18.2 Å². The van der Waals surface area contributed by atoms with Gasteiger partial charge in [0.1, 0.15) is 11.7 Å². The number of ether oxygens (including phenoxy) is 1. The molecule has 4 aromatic rings. The zero-order chi connectivity index (χ0) is 32.5. The van der Waals surface area contributed by atoms with E-state index in [2.05, 4.69) is 15.2 Å². The number of piperidine rings is 1. The number of carboxylic acid groups (broad SMARTS) is 1. The highest BCUT2D eigenvalue weighted by Crippen LogP contribution is 2.38. The lowest BCUT2D eigenvalue weighted by atomic mass is 9.86. The maximum absolute atomic E-state index is 14.7. The van der Waals surface area contributed by atoms with Crippen LogP contribution in [0.2, 0.25) is 5.02 Å². The van der Waals surface area contributed by atoms with Crippen LogP contribution >= 0.6 is 11.6 Å². The van der Waals surface area contributed by atoms with E-state index in [4.69, 9.17) is 16.3 Å². The predicted molar refractivity (Wildman–Crippen MR) is 165 cm³/mol. The Hall–Kier alpha value is -4.68. The predicted octanol–water partition coefficient (Wildman–Crippen LogP) is 5.06. The number of aromatic nitrogens is 3. The van der Waals surface area contributed by atoms with Crippen molar-refractivity contribution in [2.75, 3.05) is 31.6 Å². The number of hydrogen-bond acceptors (Lipinski definition) is 7. The normalized spacial score (nSPS) is 16.7. The van der Waals surface area contributed by atoms with Crippen molar-refractivity contribution < 1.29 is 33.0 Å². The molecule has 3 aromatic carbocycles. The van der Waals surface area contributed by atoms with Crippen LogP contribution in [0.15, 0.2) is 60.8 Å². The molecule has 2 aliphatic rings. The molecule has 46 heavy (non-hydrogen) atoms. The van der Waals surface area contributed by atoms with E-state index >= 15 is 0 Å². The maximum Gasteiger partial charge on any atom is 0.335 e. The number of carbonyl (C=O) groups is 3. The molecule has 0 radical (unpaired) electrons. The Morgan fingerprint density at radius 1 is 1.02 bits per heavy atom. The van der Waals surface area contributed by atoms with E-state index in [0.717, 1.165) is 60.2 Å². The highest BCUT2D eigenvalue weighted by molar-refractivity contribution is 6.30. The fourth-order valence-electron chi connectivity index (χ4n) is 6.25. The van der Waals surface area contributed by atoms with Gasteiger partial charge in [-0.2, -0.15) is 0 Å². The molecule has 1 aromatic heterocycles. The number of carbonyl (C=O) groups excluding carboxylic acids is 2. The third-order valence-corrected chi connectivity index (χ3v) is 8.91. The van der Waals surface area contributed by atoms with Crippen molar-refractivity contribution in [3.63, 3.8) is 0 Å². The van der Waals surface area contributed by atoms with E-state index < -0.39 is 35.2 Å². The van der Waals surface area contributed by atoms with E-state index in [0.29, 0.717) is 17.5 Å². The van der Waals surface area contributed by atoms with Crippen molar-refractivity contribution in [2.45, 2.75) is 37.8 Å². The molecule has 238 valence electrons. The lowest BCUT2D eigenvalue weighted by Crippen LogP contribution is -2.45. The number of Topliss-reactive ketones (excluding diaryl/α,β-unsaturated/α-hetero) is 1. The van der Waals surface area contributed by atoms with Crippen molar-refractivity contribution in [1.82, 2.24) is 19.9 Å². The molecule has 10 nitrogen and oxygen atoms in total. The fraction of sp³-hybridized carbons (Fsp3) is 0.303. The molecule has 2 aliphatic heterocycles. The number of carboxylic acids is 1. The van der Waals surface area contributed by atoms with Crippen molar-refractivity contribution in [1.29, 1.82) is 0 Å². The van der Waals surface area contributed by atoms with Crippen LogP contribution in [0.5, 0.6) is 0 Å². The molecular weight excluding hydrogens is 620 g/mol. The zero-order valence-electron chi connectivity index (χ0n) is 24.8. The Balaban J connectivity index is 1.35. The smallest absolute Gasteiger partial charge is 0.335 e. The summed E-state index contributed by atoms with van der Waals surface area (Å²) < 4.78 is 35.6. The Labute approximate surface area is 268 Å². The Morgan fingerprint density at radius 3 is 2.46 bits per heavy atom. The molecule has 6 rings (SSSR count). The van der Waals surface area contributed by atoms with Crippen molar-refractivity contribution in [3.05, 3.63) is 105 Å². The topological polar surface area (TPSA) is 118 Å². The number of nitrogens with zero attached hydrogens (tertiary/aromatic N) is 5. The first-order valence-corrected chi connectivity index (χ1v) is 15.2. The monoisotopic (exact) mass is 649 g/mol. The van der Waals surface area contributed by atoms with Crippen LogP contribution < -0.4 is 4.90 Å². The molecule has 1 atom stereocenters. The number of amides is 1. The van der Waals surface area contributed by atoms with E-state index in [1.165, 1.54) is 17.0 Å². The van der Waals surface area contributed by atoms with Gasteiger partial charge >= 0.3 is 5.97 Å². The highest BCUT2D eigenvalue weighted by Gasteiger charge is 2.39. The van der Waals surface area contributed by atoms with Crippen LogP contribution in [-0.2, 0) is 22.4 Å². The minimum atomic E-state index is -1.08. The molecule has 1 unspecified atom stereocenters. The van der Waals surface area contributed by atoms with Crippen LogP contribution in [0.1, 0.15) is 56.4 Å². The molecule has 0 aliphatic carbocycles. The fourth-order valence-corrected chi connectivity index (χ4v) is 6.40. The quantitative estimate of drug-likeness (QED) is 0.263. The van der Waals surface area contributed by atoms with Crippen molar-refractivity contribution in [3.8, 4) is 5.69 Å². The Bertz CT molecular complexity index is 1810. The molecule has 1 saturated heterocycles. The van der Waals surface area contributed by atoms with Gasteiger partial charge in [0.2, 0.25) is 0 Å². The molecular formula is C33H30ClF2N5O5. The number of ketones is 1. The lowest BCUT2D eigenvalue weighted by Gasteiger charge is -2.40. The summed E-state index contributed by atoms with van der Waals surface area (Å²) >= 11 is 5.85. The molecule has 3 heterocycles. The summed E-state index contributed by atoms with van der Waals surface area (Å²) in [5.41, 5.74) is 2.54. The van der Waals surface area contributed by atoms with Gasteiger partial charge in [0, 0.05) is 38.9 Å². The average Bonchev–Trinajstić information content (AvgIpc) is 3.55. The number of hydrogen-bond donors (Lipinski definition) is 1. The molecule has 0 saturated carbocycles. The summed E-state index contributed by atoms with van der Waals surface area (Å²) in [6.07, 6.45) is 3.42. The standard InChI is InChI=1S/C33H30ClF2N5O5/c1-46-21-11-14-39(15-12-21)27-4-2-3-23-22(27)13-16-40(30(23)28(42)17-19-5-7-20(8-6-19)33(44)45)32(43)26-18-41(38-37-26)31-25(35)10-9-24(34)29(31)36/h2-10,18,21,30H,11-17H2,1H3,(H,44,45). The minimum absolute atomic E-state index is 0.0666. The summed E-state index contributed by atoms with van der Waals surface area (Å²) in [4.78, 5) is 43.1. The molecule has 1 fully saturated rings. The number of rotatable bonds is 8. The van der Waals surface area contributed by atoms with E-state index in [9.17, 15) is 28.3 Å². The van der Waals surface area contributed by atoms with Crippen LogP contribution in [0.25, 0.3) is 5.69 Å². The third kappa shape index (κ3) is 5.97. The van der Waals surface area contributed by atoms with Gasteiger partial charge in [-0.05, 0) is 66.3 Å². The van der Waals surface area contributed by atoms with E-state index in [1.54, 1.807) is 19.2 Å². The molecule has 0 bridgehead atoms. The summed E-state index contributed by atoms with van der Waals surface area (Å²) in [5, 5.41) is 16.6. The van der Waals surface area contributed by atoms with Gasteiger partial charge in [0.05, 0.1) is 22.9 Å². The highest BCUT2D eigenvalue weighted by atomic mass is 35.5. The second kappa shape index (κ2) is 13.0. The van der Waals surface area contributed by atoms with Gasteiger partial charge < -0.3 is 19.6 Å². The first kappa shape index (κ1) is 31.3. The zero-order valence-corrected chi connectivity index (χ0v) is 25.6. The number of anilines is 1. The van der Waals surface area contributed by atoms with E-state index in [-0.39, 0.29) is 41.1 Å². The van der Waals surface area contributed by atoms with Gasteiger partial charge in [-0.3, -0.25) is 9.59 Å². The molecule has 13 heteroatoms. The SMILES string of the molecule is COC1CCN(c2cccc3c2CCN(C(=O)c2cn(-c4c(F)ccc(Cl)c4F)nn2)C3C(=O)Cc2ccc(C(=O)O)cc2)CC1. The number of benzene rings is 3. The van der Waals surface area contributed by atoms with Crippen LogP contribution in [0, 0.1) is 11.6 Å². The molecule has 0 spiro atoms. The van der Waals surface area contributed by atoms with Gasteiger partial charge in [0.25, 0.3) is 5.91 Å². The number of halogens is 3. The summed E-state index contributed by atoms with van der Waals surface area (Å²) in [5.74, 6) is -4.00. The summed E-state index contributed by atoms with van der Waals surface area (Å²) in [6.45, 7) is 1.75. The van der Waals surface area contributed by atoms with Crippen LogP contribution in [-0.4, -0.2) is 75.5 Å². The average molecular weight is 650 g/mol. The van der Waals surface area contributed by atoms with Crippen molar-refractivity contribution in [2.24, 2.45) is 0 Å². The Kier molecular flexibility index (Phi) is 8.83. The third-order valence-electron chi connectivity index (χ3n) is 8.62. The second-order valence-corrected chi connectivity index (χ2v) is 11.7. The van der Waals surface area contributed by atoms with Gasteiger partial charge in [0.15, 0.2) is 23.1 Å². The molecule has 1 N–H and O–H groups in total. The van der Waals surface area contributed by atoms with Crippen LogP contribution in [0.4, 0.5) is 14.5 Å². The first-order chi connectivity index (χ1) is 22.2. The lowest BCUT2D eigenvalue weighted by molar-refractivity contribution is -0.123.